The van der Waals surface area contributed by atoms with E-state index in [9.17, 15) is 0 Å². The minimum Gasteiger partial charge on any atom is -0.310 e. The molecule has 0 aromatic carbocycles. The maximum Gasteiger partial charge on any atom is 0.0537 e. The van der Waals surface area contributed by atoms with Gasteiger partial charge < -0.3 is 5.32 Å². The van der Waals surface area contributed by atoms with Gasteiger partial charge in [-0.25, -0.2) is 0 Å². The Balaban J connectivity index is 2.17. The highest BCUT2D eigenvalue weighted by Crippen LogP contribution is 2.21. The summed E-state index contributed by atoms with van der Waals surface area (Å²) < 4.78 is 1.84. The SMILES string of the molecule is Cn1cc(C2CCN2)cn1. The van der Waals surface area contributed by atoms with E-state index >= 15 is 0 Å². The van der Waals surface area contributed by atoms with Crippen molar-refractivity contribution < 1.29 is 0 Å². The van der Waals surface area contributed by atoms with Crippen LogP contribution in [0.3, 0.4) is 0 Å². The summed E-state index contributed by atoms with van der Waals surface area (Å²) in [5, 5.41) is 7.42. The Labute approximate surface area is 60.0 Å². The first-order valence-corrected chi connectivity index (χ1v) is 3.58. The topological polar surface area (TPSA) is 29.9 Å². The fourth-order valence-corrected chi connectivity index (χ4v) is 1.19. The zero-order chi connectivity index (χ0) is 6.97. The van der Waals surface area contributed by atoms with Gasteiger partial charge in [-0.2, -0.15) is 5.10 Å². The normalized spacial score (nSPS) is 24.3. The zero-order valence-corrected chi connectivity index (χ0v) is 6.04. The van der Waals surface area contributed by atoms with Gasteiger partial charge in [0.1, 0.15) is 0 Å². The van der Waals surface area contributed by atoms with Gasteiger partial charge in [-0.3, -0.25) is 4.68 Å². The lowest BCUT2D eigenvalue weighted by Crippen LogP contribution is -2.34. The summed E-state index contributed by atoms with van der Waals surface area (Å²) in [5.74, 6) is 0. The summed E-state index contributed by atoms with van der Waals surface area (Å²) in [4.78, 5) is 0. The molecule has 0 spiro atoms. The van der Waals surface area contributed by atoms with Crippen molar-refractivity contribution >= 4 is 0 Å². The van der Waals surface area contributed by atoms with Crippen molar-refractivity contribution in [2.24, 2.45) is 7.05 Å². The van der Waals surface area contributed by atoms with E-state index in [1.807, 2.05) is 17.9 Å². The lowest BCUT2D eigenvalue weighted by atomic mass is 10.0. The van der Waals surface area contributed by atoms with Gasteiger partial charge in [0, 0.05) is 24.8 Å². The van der Waals surface area contributed by atoms with E-state index in [-0.39, 0.29) is 0 Å². The number of hydrogen-bond acceptors (Lipinski definition) is 2. The Bertz CT molecular complexity index is 225. The number of hydrogen-bond donors (Lipinski definition) is 1. The summed E-state index contributed by atoms with van der Waals surface area (Å²) in [5.41, 5.74) is 1.31. The monoisotopic (exact) mass is 137 g/mol. The first-order valence-electron chi connectivity index (χ1n) is 3.58. The van der Waals surface area contributed by atoms with Crippen molar-refractivity contribution in [1.29, 1.82) is 0 Å². The maximum absolute atomic E-state index is 4.10. The van der Waals surface area contributed by atoms with Gasteiger partial charge in [-0.15, -0.1) is 0 Å². The van der Waals surface area contributed by atoms with Crippen molar-refractivity contribution in [1.82, 2.24) is 15.1 Å². The summed E-state index contributed by atoms with van der Waals surface area (Å²) in [6.07, 6.45) is 5.25. The third-order valence-electron chi connectivity index (χ3n) is 1.95. The Morgan fingerprint density at radius 2 is 2.60 bits per heavy atom. The molecule has 1 aliphatic rings. The molecule has 0 radical (unpaired) electrons. The second-order valence-corrected chi connectivity index (χ2v) is 2.74. The first kappa shape index (κ1) is 5.92. The van der Waals surface area contributed by atoms with Gasteiger partial charge in [0.2, 0.25) is 0 Å². The van der Waals surface area contributed by atoms with E-state index in [4.69, 9.17) is 0 Å². The molecular formula is C7H11N3. The molecule has 0 bridgehead atoms. The molecule has 0 amide bonds. The van der Waals surface area contributed by atoms with E-state index in [1.54, 1.807) is 0 Å². The largest absolute Gasteiger partial charge is 0.310 e. The van der Waals surface area contributed by atoms with Crippen LogP contribution in [0.15, 0.2) is 12.4 Å². The molecule has 1 aromatic rings. The van der Waals surface area contributed by atoms with Crippen molar-refractivity contribution in [2.75, 3.05) is 6.54 Å². The second kappa shape index (κ2) is 2.09. The molecule has 1 saturated heterocycles. The van der Waals surface area contributed by atoms with Crippen LogP contribution in [0.4, 0.5) is 0 Å². The Morgan fingerprint density at radius 1 is 1.80 bits per heavy atom. The number of aromatic nitrogens is 2. The molecule has 0 saturated carbocycles. The van der Waals surface area contributed by atoms with Gasteiger partial charge in [-0.1, -0.05) is 0 Å². The first-order chi connectivity index (χ1) is 4.86. The summed E-state index contributed by atoms with van der Waals surface area (Å²) >= 11 is 0. The van der Waals surface area contributed by atoms with Crippen LogP contribution >= 0.6 is 0 Å². The Morgan fingerprint density at radius 3 is 3.00 bits per heavy atom. The highest BCUT2D eigenvalue weighted by atomic mass is 15.2. The zero-order valence-electron chi connectivity index (χ0n) is 6.04. The molecular weight excluding hydrogens is 126 g/mol. The molecule has 1 unspecified atom stereocenters. The standard InChI is InChI=1S/C7H11N3/c1-10-5-6(4-9-10)7-2-3-8-7/h4-5,7-8H,2-3H2,1H3. The molecule has 3 heteroatoms. The van der Waals surface area contributed by atoms with Crippen molar-refractivity contribution in [3.05, 3.63) is 18.0 Å². The third kappa shape index (κ3) is 0.827. The minimum absolute atomic E-state index is 0.577. The molecule has 1 fully saturated rings. The molecule has 2 rings (SSSR count). The molecule has 3 nitrogen and oxygen atoms in total. The van der Waals surface area contributed by atoms with Crippen LogP contribution in [-0.4, -0.2) is 16.3 Å². The molecule has 0 aliphatic carbocycles. The van der Waals surface area contributed by atoms with Crippen molar-refractivity contribution in [3.63, 3.8) is 0 Å². The third-order valence-corrected chi connectivity index (χ3v) is 1.95. The van der Waals surface area contributed by atoms with E-state index in [0.717, 1.165) is 6.54 Å². The smallest absolute Gasteiger partial charge is 0.0537 e. The molecule has 1 atom stereocenters. The quantitative estimate of drug-likeness (QED) is 0.609. The van der Waals surface area contributed by atoms with Crippen molar-refractivity contribution in [2.45, 2.75) is 12.5 Å². The summed E-state index contributed by atoms with van der Waals surface area (Å²) in [6.45, 7) is 1.15. The minimum atomic E-state index is 0.577. The van der Waals surface area contributed by atoms with E-state index in [2.05, 4.69) is 16.6 Å². The number of aryl methyl sites for hydroxylation is 1. The Kier molecular flexibility index (Phi) is 1.24. The molecule has 2 heterocycles. The lowest BCUT2D eigenvalue weighted by Gasteiger charge is -2.26. The van der Waals surface area contributed by atoms with Gasteiger partial charge in [0.15, 0.2) is 0 Å². The van der Waals surface area contributed by atoms with E-state index in [1.165, 1.54) is 12.0 Å². The van der Waals surface area contributed by atoms with Gasteiger partial charge in [0.25, 0.3) is 0 Å². The molecule has 54 valence electrons. The maximum atomic E-state index is 4.10. The van der Waals surface area contributed by atoms with Crippen molar-refractivity contribution in [3.8, 4) is 0 Å². The number of nitrogens with zero attached hydrogens (tertiary/aromatic N) is 2. The predicted octanol–water partition coefficient (Wildman–Crippen LogP) is 0.454. The fraction of sp³-hybridized carbons (Fsp3) is 0.571. The van der Waals surface area contributed by atoms with Gasteiger partial charge in [0.05, 0.1) is 6.20 Å². The Hall–Kier alpha value is -0.830. The van der Waals surface area contributed by atoms with Crippen LogP contribution in [0.2, 0.25) is 0 Å². The van der Waals surface area contributed by atoms with Crippen LogP contribution in [0, 0.1) is 0 Å². The van der Waals surface area contributed by atoms with Crippen LogP contribution in [-0.2, 0) is 7.05 Å². The average Bonchev–Trinajstić information content (AvgIpc) is 2.10. The highest BCUT2D eigenvalue weighted by molar-refractivity contribution is 5.12. The summed E-state index contributed by atoms with van der Waals surface area (Å²) in [6, 6.07) is 0.577. The second-order valence-electron chi connectivity index (χ2n) is 2.74. The van der Waals surface area contributed by atoms with E-state index < -0.39 is 0 Å². The van der Waals surface area contributed by atoms with Crippen LogP contribution in [0.25, 0.3) is 0 Å². The summed E-state index contributed by atoms with van der Waals surface area (Å²) in [7, 11) is 1.95. The highest BCUT2D eigenvalue weighted by Gasteiger charge is 2.18. The van der Waals surface area contributed by atoms with Gasteiger partial charge in [-0.05, 0) is 13.0 Å². The van der Waals surface area contributed by atoms with Gasteiger partial charge >= 0.3 is 0 Å². The van der Waals surface area contributed by atoms with Crippen LogP contribution in [0.5, 0.6) is 0 Å². The number of rotatable bonds is 1. The van der Waals surface area contributed by atoms with Crippen LogP contribution in [0.1, 0.15) is 18.0 Å². The molecule has 10 heavy (non-hydrogen) atoms. The predicted molar refractivity (Wildman–Crippen MR) is 38.6 cm³/mol. The average molecular weight is 137 g/mol. The van der Waals surface area contributed by atoms with E-state index in [0.29, 0.717) is 6.04 Å². The molecule has 1 N–H and O–H groups in total. The lowest BCUT2D eigenvalue weighted by molar-refractivity contribution is 0.383. The molecule has 1 aliphatic heterocycles. The fourth-order valence-electron chi connectivity index (χ4n) is 1.19. The number of nitrogens with one attached hydrogen (secondary N) is 1. The molecule has 1 aromatic heterocycles. The van der Waals surface area contributed by atoms with Crippen LogP contribution < -0.4 is 5.32 Å².